The SMILES string of the molecule is CC1=CC1C1C(=O)c2cc(C(=O)O)c(O)cc2C(=O)N1c1ccc(-c2cnc[nH]2)cc1C(=O)OCCN(C)C. The van der Waals surface area contributed by atoms with E-state index in [1.165, 1.54) is 11.2 Å². The van der Waals surface area contributed by atoms with Crippen molar-refractivity contribution in [1.82, 2.24) is 14.9 Å². The van der Waals surface area contributed by atoms with E-state index in [0.29, 0.717) is 17.8 Å². The number of esters is 1. The lowest BCUT2D eigenvalue weighted by molar-refractivity contribution is 0.0481. The van der Waals surface area contributed by atoms with Gasteiger partial charge in [0.25, 0.3) is 5.91 Å². The van der Waals surface area contributed by atoms with Gasteiger partial charge in [-0.1, -0.05) is 17.7 Å². The normalized spacial score (nSPS) is 18.2. The molecule has 0 saturated carbocycles. The van der Waals surface area contributed by atoms with Gasteiger partial charge in [0.05, 0.1) is 35.0 Å². The average Bonchev–Trinajstić information content (AvgIpc) is 3.35. The molecule has 0 saturated heterocycles. The first-order valence-electron chi connectivity index (χ1n) is 12.2. The van der Waals surface area contributed by atoms with E-state index < -0.39 is 41.0 Å². The highest BCUT2D eigenvalue weighted by molar-refractivity contribution is 6.24. The number of Topliss-reactive ketones (excluding diaryl/α,β-unsaturated/α-hetero) is 1. The van der Waals surface area contributed by atoms with Gasteiger partial charge in [-0.05, 0) is 45.3 Å². The first-order valence-corrected chi connectivity index (χ1v) is 12.2. The molecule has 0 spiro atoms. The lowest BCUT2D eigenvalue weighted by atomic mass is 9.86. The fourth-order valence-corrected chi connectivity index (χ4v) is 4.72. The van der Waals surface area contributed by atoms with Gasteiger partial charge in [0.2, 0.25) is 0 Å². The van der Waals surface area contributed by atoms with Crippen molar-refractivity contribution in [3.63, 3.8) is 0 Å². The monoisotopic (exact) mass is 530 g/mol. The number of ketones is 1. The number of nitrogens with one attached hydrogen (secondary N) is 1. The van der Waals surface area contributed by atoms with Crippen molar-refractivity contribution in [3.05, 3.63) is 76.8 Å². The van der Waals surface area contributed by atoms with Gasteiger partial charge in [-0.2, -0.15) is 0 Å². The van der Waals surface area contributed by atoms with Crippen LogP contribution in [0.2, 0.25) is 0 Å². The maximum absolute atomic E-state index is 14.0. The van der Waals surface area contributed by atoms with Crippen LogP contribution in [0.25, 0.3) is 11.3 Å². The number of amides is 1. The number of carboxylic acid groups (broad SMARTS) is 1. The number of aromatic nitrogens is 2. The zero-order chi connectivity index (χ0) is 28.0. The molecule has 39 heavy (non-hydrogen) atoms. The van der Waals surface area contributed by atoms with E-state index in [9.17, 15) is 29.4 Å². The highest BCUT2D eigenvalue weighted by Crippen LogP contribution is 2.43. The Kier molecular flexibility index (Phi) is 6.52. The lowest BCUT2D eigenvalue weighted by Crippen LogP contribution is -2.52. The summed E-state index contributed by atoms with van der Waals surface area (Å²) in [4.78, 5) is 62.8. The maximum atomic E-state index is 14.0. The highest BCUT2D eigenvalue weighted by Gasteiger charge is 2.48. The number of carbonyl (C=O) groups is 4. The number of phenols is 1. The summed E-state index contributed by atoms with van der Waals surface area (Å²) >= 11 is 0. The van der Waals surface area contributed by atoms with Crippen molar-refractivity contribution in [2.75, 3.05) is 32.1 Å². The first kappa shape index (κ1) is 25.9. The molecule has 2 atom stereocenters. The lowest BCUT2D eigenvalue weighted by Gasteiger charge is -2.37. The molecule has 1 aromatic heterocycles. The summed E-state index contributed by atoms with van der Waals surface area (Å²) in [7, 11) is 3.68. The zero-order valence-corrected chi connectivity index (χ0v) is 21.5. The van der Waals surface area contributed by atoms with Crippen molar-refractivity contribution < 1.29 is 34.1 Å². The highest BCUT2D eigenvalue weighted by atomic mass is 16.5. The largest absolute Gasteiger partial charge is 0.507 e. The second-order valence-corrected chi connectivity index (χ2v) is 9.78. The Morgan fingerprint density at radius 2 is 1.87 bits per heavy atom. The van der Waals surface area contributed by atoms with Crippen LogP contribution in [-0.4, -0.2) is 82.0 Å². The topological polar surface area (TPSA) is 153 Å². The fraction of sp³-hybridized carbons (Fsp3) is 0.250. The molecule has 3 N–H and O–H groups in total. The quantitative estimate of drug-likeness (QED) is 0.295. The predicted octanol–water partition coefficient (Wildman–Crippen LogP) is 2.99. The minimum absolute atomic E-state index is 0.0696. The maximum Gasteiger partial charge on any atom is 0.340 e. The molecule has 1 aliphatic carbocycles. The Hall–Kier alpha value is -4.77. The van der Waals surface area contributed by atoms with Gasteiger partial charge in [-0.3, -0.25) is 14.5 Å². The predicted molar refractivity (Wildman–Crippen MR) is 140 cm³/mol. The fourth-order valence-electron chi connectivity index (χ4n) is 4.72. The van der Waals surface area contributed by atoms with Gasteiger partial charge < -0.3 is 24.8 Å². The van der Waals surface area contributed by atoms with E-state index in [1.54, 1.807) is 24.4 Å². The number of carboxylic acids is 1. The van der Waals surface area contributed by atoms with Gasteiger partial charge >= 0.3 is 11.9 Å². The van der Waals surface area contributed by atoms with Crippen LogP contribution in [0.1, 0.15) is 48.4 Å². The van der Waals surface area contributed by atoms with E-state index in [0.717, 1.165) is 17.7 Å². The first-order chi connectivity index (χ1) is 18.6. The number of H-pyrrole nitrogens is 1. The molecule has 5 rings (SSSR count). The number of anilines is 1. The Bertz CT molecular complexity index is 1540. The number of aromatic carboxylic acids is 1. The Balaban J connectivity index is 1.65. The number of rotatable bonds is 8. The number of nitrogens with zero attached hydrogens (tertiary/aromatic N) is 3. The summed E-state index contributed by atoms with van der Waals surface area (Å²) in [6.45, 7) is 2.41. The summed E-state index contributed by atoms with van der Waals surface area (Å²) in [6.07, 6.45) is 4.92. The van der Waals surface area contributed by atoms with E-state index in [-0.39, 0.29) is 34.9 Å². The molecule has 1 aliphatic heterocycles. The standard InChI is InChI=1S/C28H26N4O7/c1-14-8-16(14)24-25(34)17-10-20(27(36)37)23(33)11-18(17)26(35)32(24)22-5-4-15(21-12-29-13-30-21)9-19(22)28(38)39-7-6-31(2)3/h4-5,8-13,16,24,33H,6-7H2,1-3H3,(H,29,30)(H,36,37). The molecule has 0 fully saturated rings. The van der Waals surface area contributed by atoms with Gasteiger partial charge in [-0.15, -0.1) is 0 Å². The number of aromatic hydroxyl groups is 1. The molecule has 1 amide bonds. The number of imidazole rings is 1. The Morgan fingerprint density at radius 3 is 2.49 bits per heavy atom. The van der Waals surface area contributed by atoms with Gasteiger partial charge in [-0.25, -0.2) is 14.6 Å². The van der Waals surface area contributed by atoms with Crippen LogP contribution >= 0.6 is 0 Å². The second-order valence-electron chi connectivity index (χ2n) is 9.78. The van der Waals surface area contributed by atoms with Crippen LogP contribution in [0.15, 0.2) is 54.5 Å². The van der Waals surface area contributed by atoms with Crippen molar-refractivity contribution in [2.45, 2.75) is 13.0 Å². The number of carbonyl (C=O) groups excluding carboxylic acids is 3. The van der Waals surface area contributed by atoms with Crippen LogP contribution < -0.4 is 4.90 Å². The molecule has 0 radical (unpaired) electrons. The minimum atomic E-state index is -1.42. The zero-order valence-electron chi connectivity index (χ0n) is 21.5. The molecule has 0 bridgehead atoms. The second kappa shape index (κ2) is 9.84. The number of benzene rings is 2. The van der Waals surface area contributed by atoms with E-state index in [1.807, 2.05) is 32.0 Å². The van der Waals surface area contributed by atoms with Crippen molar-refractivity contribution >= 4 is 29.3 Å². The van der Waals surface area contributed by atoms with Gasteiger partial charge in [0, 0.05) is 23.6 Å². The molecule has 11 heteroatoms. The minimum Gasteiger partial charge on any atom is -0.507 e. The van der Waals surface area contributed by atoms with E-state index in [4.69, 9.17) is 4.74 Å². The third kappa shape index (κ3) is 4.68. The molecule has 2 heterocycles. The van der Waals surface area contributed by atoms with Gasteiger partial charge in [0.15, 0.2) is 5.78 Å². The van der Waals surface area contributed by atoms with Crippen LogP contribution in [-0.2, 0) is 4.74 Å². The number of aromatic amines is 1. The summed E-state index contributed by atoms with van der Waals surface area (Å²) < 4.78 is 5.52. The van der Waals surface area contributed by atoms with Crippen LogP contribution in [0.5, 0.6) is 5.75 Å². The third-order valence-electron chi connectivity index (χ3n) is 6.88. The molecule has 11 nitrogen and oxygen atoms in total. The number of likely N-dealkylation sites (N-methyl/N-ethyl adjacent to an activating group) is 1. The number of hydrogen-bond donors (Lipinski definition) is 3. The van der Waals surface area contributed by atoms with Crippen LogP contribution in [0, 0.1) is 5.92 Å². The van der Waals surface area contributed by atoms with E-state index in [2.05, 4.69) is 9.97 Å². The molecular formula is C28H26N4O7. The van der Waals surface area contributed by atoms with Crippen molar-refractivity contribution in [1.29, 1.82) is 0 Å². The average molecular weight is 531 g/mol. The molecule has 2 aliphatic rings. The van der Waals surface area contributed by atoms with Crippen LogP contribution in [0.3, 0.4) is 0 Å². The Morgan fingerprint density at radius 1 is 1.13 bits per heavy atom. The summed E-state index contributed by atoms with van der Waals surface area (Å²) in [6, 6.07) is 5.83. The van der Waals surface area contributed by atoms with Crippen molar-refractivity contribution in [3.8, 4) is 17.0 Å². The number of ether oxygens (including phenoxy) is 1. The summed E-state index contributed by atoms with van der Waals surface area (Å²) in [5.41, 5.74) is 1.66. The third-order valence-corrected chi connectivity index (χ3v) is 6.88. The molecular weight excluding hydrogens is 504 g/mol. The molecule has 3 aromatic rings. The van der Waals surface area contributed by atoms with Crippen LogP contribution in [0.4, 0.5) is 5.69 Å². The van der Waals surface area contributed by atoms with Crippen molar-refractivity contribution in [2.24, 2.45) is 5.92 Å². The number of fused-ring (bicyclic) bond motifs is 1. The van der Waals surface area contributed by atoms with E-state index >= 15 is 0 Å². The van der Waals surface area contributed by atoms with Gasteiger partial charge in [0.1, 0.15) is 24.0 Å². The molecule has 2 unspecified atom stereocenters. The molecule has 2 aromatic carbocycles. The molecule has 200 valence electrons. The Labute approximate surface area is 223 Å². The number of hydrogen-bond acceptors (Lipinski definition) is 8. The summed E-state index contributed by atoms with van der Waals surface area (Å²) in [5.74, 6) is -4.27. The smallest absolute Gasteiger partial charge is 0.340 e. The summed E-state index contributed by atoms with van der Waals surface area (Å²) in [5, 5.41) is 19.7.